The molecule has 2 rings (SSSR count). The first-order valence-electron chi connectivity index (χ1n) is 8.61. The molecule has 2 nitrogen and oxygen atoms in total. The summed E-state index contributed by atoms with van der Waals surface area (Å²) in [6, 6.07) is 0. The van der Waals surface area contributed by atoms with Gasteiger partial charge in [-0.2, -0.15) is 0 Å². The number of unbranched alkanes of at least 4 members (excludes halogenated alkanes) is 2. The molecular formula is C17H34N2. The van der Waals surface area contributed by atoms with E-state index in [1.54, 1.807) is 0 Å². The Hall–Kier alpha value is -0.0800. The number of likely N-dealkylation sites (tertiary alicyclic amines) is 2. The lowest BCUT2D eigenvalue weighted by atomic mass is 9.89. The zero-order valence-corrected chi connectivity index (χ0v) is 13.2. The first-order valence-corrected chi connectivity index (χ1v) is 8.61. The molecule has 2 aliphatic heterocycles. The van der Waals surface area contributed by atoms with E-state index >= 15 is 0 Å². The van der Waals surface area contributed by atoms with Gasteiger partial charge >= 0.3 is 0 Å². The van der Waals surface area contributed by atoms with Crippen LogP contribution in [0.3, 0.4) is 0 Å². The molecule has 2 aliphatic rings. The summed E-state index contributed by atoms with van der Waals surface area (Å²) in [6.45, 7) is 5.33. The van der Waals surface area contributed by atoms with Crippen molar-refractivity contribution in [2.75, 3.05) is 40.3 Å². The third-order valence-electron chi connectivity index (χ3n) is 5.40. The number of nitrogens with zero attached hydrogens (tertiary/aromatic N) is 2. The lowest BCUT2D eigenvalue weighted by molar-refractivity contribution is 0.203. The first-order chi connectivity index (χ1) is 9.24. The highest BCUT2D eigenvalue weighted by atomic mass is 15.1. The third-order valence-corrected chi connectivity index (χ3v) is 5.40. The maximum Gasteiger partial charge on any atom is -0.00191 e. The Morgan fingerprint density at radius 1 is 0.632 bits per heavy atom. The highest BCUT2D eigenvalue weighted by molar-refractivity contribution is 4.71. The Bertz CT molecular complexity index is 201. The molecule has 0 aromatic rings. The molecular weight excluding hydrogens is 232 g/mol. The van der Waals surface area contributed by atoms with E-state index in [0.29, 0.717) is 0 Å². The number of piperidine rings is 2. The van der Waals surface area contributed by atoms with Crippen LogP contribution in [0.1, 0.15) is 57.8 Å². The predicted octanol–water partition coefficient (Wildman–Crippen LogP) is 3.62. The average molecular weight is 266 g/mol. The molecule has 0 bridgehead atoms. The van der Waals surface area contributed by atoms with Crippen molar-refractivity contribution in [1.82, 2.24) is 9.80 Å². The number of rotatable bonds is 6. The van der Waals surface area contributed by atoms with Crippen LogP contribution in [0.4, 0.5) is 0 Å². The van der Waals surface area contributed by atoms with Crippen molar-refractivity contribution in [3.63, 3.8) is 0 Å². The molecule has 0 aliphatic carbocycles. The van der Waals surface area contributed by atoms with E-state index in [9.17, 15) is 0 Å². The zero-order chi connectivity index (χ0) is 13.5. The van der Waals surface area contributed by atoms with E-state index in [2.05, 4.69) is 23.9 Å². The number of hydrogen-bond donors (Lipinski definition) is 0. The molecule has 0 radical (unpaired) electrons. The second kappa shape index (κ2) is 8.26. The molecule has 2 fully saturated rings. The van der Waals surface area contributed by atoms with Crippen molar-refractivity contribution in [2.45, 2.75) is 57.8 Å². The maximum absolute atomic E-state index is 2.48. The summed E-state index contributed by atoms with van der Waals surface area (Å²) >= 11 is 0. The zero-order valence-electron chi connectivity index (χ0n) is 13.2. The van der Waals surface area contributed by atoms with Crippen LogP contribution in [0.25, 0.3) is 0 Å². The van der Waals surface area contributed by atoms with E-state index in [0.717, 1.165) is 11.8 Å². The van der Waals surface area contributed by atoms with Crippen molar-refractivity contribution >= 4 is 0 Å². The number of hydrogen-bond acceptors (Lipinski definition) is 2. The Kier molecular flexibility index (Phi) is 6.66. The van der Waals surface area contributed by atoms with Gasteiger partial charge in [0, 0.05) is 0 Å². The molecule has 0 unspecified atom stereocenters. The molecule has 2 heterocycles. The monoisotopic (exact) mass is 266 g/mol. The fourth-order valence-corrected chi connectivity index (χ4v) is 3.74. The van der Waals surface area contributed by atoms with Crippen molar-refractivity contribution < 1.29 is 0 Å². The SMILES string of the molecule is CN1CCC(CCCCCC2CCN(C)CC2)CC1. The van der Waals surface area contributed by atoms with Crippen LogP contribution < -0.4 is 0 Å². The summed E-state index contributed by atoms with van der Waals surface area (Å²) < 4.78 is 0. The van der Waals surface area contributed by atoms with Gasteiger partial charge in [0.05, 0.1) is 0 Å². The summed E-state index contributed by atoms with van der Waals surface area (Å²) in [5.41, 5.74) is 0. The molecule has 0 N–H and O–H groups in total. The summed E-state index contributed by atoms with van der Waals surface area (Å²) in [5, 5.41) is 0. The minimum Gasteiger partial charge on any atom is -0.306 e. The highest BCUT2D eigenvalue weighted by Gasteiger charge is 2.17. The molecule has 19 heavy (non-hydrogen) atoms. The van der Waals surface area contributed by atoms with Gasteiger partial charge in [-0.25, -0.2) is 0 Å². The Labute approximate surface area is 120 Å². The molecule has 2 heteroatoms. The maximum atomic E-state index is 2.48. The molecule has 0 aromatic heterocycles. The molecule has 2 saturated heterocycles. The van der Waals surface area contributed by atoms with Crippen LogP contribution in [0.15, 0.2) is 0 Å². The highest BCUT2D eigenvalue weighted by Crippen LogP contribution is 2.25. The summed E-state index contributed by atoms with van der Waals surface area (Å²) in [5.74, 6) is 2.08. The lowest BCUT2D eigenvalue weighted by Gasteiger charge is -2.29. The largest absolute Gasteiger partial charge is 0.306 e. The smallest absolute Gasteiger partial charge is 0.00191 e. The lowest BCUT2D eigenvalue weighted by Crippen LogP contribution is -2.30. The van der Waals surface area contributed by atoms with Gasteiger partial charge in [-0.3, -0.25) is 0 Å². The Balaban J connectivity index is 1.44. The van der Waals surface area contributed by atoms with Crippen molar-refractivity contribution in [3.05, 3.63) is 0 Å². The van der Waals surface area contributed by atoms with E-state index in [4.69, 9.17) is 0 Å². The normalized spacial score (nSPS) is 24.9. The van der Waals surface area contributed by atoms with Crippen molar-refractivity contribution in [1.29, 1.82) is 0 Å². The van der Waals surface area contributed by atoms with Gasteiger partial charge in [-0.15, -0.1) is 0 Å². The Morgan fingerprint density at radius 3 is 1.37 bits per heavy atom. The van der Waals surface area contributed by atoms with Crippen LogP contribution in [0, 0.1) is 11.8 Å². The van der Waals surface area contributed by atoms with E-state index < -0.39 is 0 Å². The standard InChI is InChI=1S/C17H34N2/c1-18-12-8-16(9-13-18)6-4-3-5-7-17-10-14-19(2)15-11-17/h16-17H,3-15H2,1-2H3. The van der Waals surface area contributed by atoms with Gasteiger partial charge in [0.2, 0.25) is 0 Å². The molecule has 112 valence electrons. The van der Waals surface area contributed by atoms with Crippen molar-refractivity contribution in [3.8, 4) is 0 Å². The van der Waals surface area contributed by atoms with E-state index in [-0.39, 0.29) is 0 Å². The Morgan fingerprint density at radius 2 is 1.00 bits per heavy atom. The van der Waals surface area contributed by atoms with Crippen LogP contribution in [-0.4, -0.2) is 50.1 Å². The quantitative estimate of drug-likeness (QED) is 0.678. The molecule has 0 saturated carbocycles. The average Bonchev–Trinajstić information content (AvgIpc) is 2.43. The predicted molar refractivity (Wildman–Crippen MR) is 83.5 cm³/mol. The third kappa shape index (κ3) is 5.83. The van der Waals surface area contributed by atoms with Crippen LogP contribution in [0.5, 0.6) is 0 Å². The van der Waals surface area contributed by atoms with Gasteiger partial charge in [0.1, 0.15) is 0 Å². The van der Waals surface area contributed by atoms with Crippen LogP contribution in [0.2, 0.25) is 0 Å². The van der Waals surface area contributed by atoms with Gasteiger partial charge in [-0.05, 0) is 77.8 Å². The second-order valence-corrected chi connectivity index (χ2v) is 7.13. The summed E-state index contributed by atoms with van der Waals surface area (Å²) in [6.07, 6.45) is 13.3. The topological polar surface area (TPSA) is 6.48 Å². The fraction of sp³-hybridized carbons (Fsp3) is 1.00. The minimum absolute atomic E-state index is 1.04. The van der Waals surface area contributed by atoms with Gasteiger partial charge in [0.25, 0.3) is 0 Å². The molecule has 0 amide bonds. The summed E-state index contributed by atoms with van der Waals surface area (Å²) in [7, 11) is 4.52. The van der Waals surface area contributed by atoms with Gasteiger partial charge < -0.3 is 9.80 Å². The van der Waals surface area contributed by atoms with Crippen LogP contribution in [-0.2, 0) is 0 Å². The van der Waals surface area contributed by atoms with E-state index in [1.165, 1.54) is 84.0 Å². The van der Waals surface area contributed by atoms with Gasteiger partial charge in [0.15, 0.2) is 0 Å². The van der Waals surface area contributed by atoms with Crippen LogP contribution >= 0.6 is 0 Å². The first kappa shape index (κ1) is 15.3. The molecule has 0 atom stereocenters. The fourth-order valence-electron chi connectivity index (χ4n) is 3.74. The second-order valence-electron chi connectivity index (χ2n) is 7.13. The molecule has 0 spiro atoms. The van der Waals surface area contributed by atoms with E-state index in [1.807, 2.05) is 0 Å². The molecule has 0 aromatic carbocycles. The van der Waals surface area contributed by atoms with Crippen molar-refractivity contribution in [2.24, 2.45) is 11.8 Å². The summed E-state index contributed by atoms with van der Waals surface area (Å²) in [4.78, 5) is 4.97. The van der Waals surface area contributed by atoms with Gasteiger partial charge in [-0.1, -0.05) is 32.1 Å². The minimum atomic E-state index is 1.04.